The first-order chi connectivity index (χ1) is 17.3. The SMILES string of the molecule is Cc1ccccc1C(C(=O)Nc1c(C)cccc1Cl)N(C(=O)C(NC(=O)OC(C)(C)C)C(C)C)C1CC1. The summed E-state index contributed by atoms with van der Waals surface area (Å²) >= 11 is 6.42. The highest BCUT2D eigenvalue weighted by Crippen LogP contribution is 2.38. The molecule has 0 aromatic heterocycles. The van der Waals surface area contributed by atoms with E-state index in [4.69, 9.17) is 16.3 Å². The molecule has 2 aromatic carbocycles. The number of carbonyl (C=O) groups is 3. The quantitative estimate of drug-likeness (QED) is 0.429. The highest BCUT2D eigenvalue weighted by atomic mass is 35.5. The lowest BCUT2D eigenvalue weighted by molar-refractivity contribution is -0.142. The lowest BCUT2D eigenvalue weighted by Crippen LogP contribution is -2.55. The predicted molar refractivity (Wildman–Crippen MR) is 147 cm³/mol. The Morgan fingerprint density at radius 3 is 2.16 bits per heavy atom. The highest BCUT2D eigenvalue weighted by molar-refractivity contribution is 6.34. The van der Waals surface area contributed by atoms with E-state index in [1.165, 1.54) is 0 Å². The molecule has 1 fully saturated rings. The number of halogens is 1. The van der Waals surface area contributed by atoms with E-state index in [-0.39, 0.29) is 23.8 Å². The van der Waals surface area contributed by atoms with Gasteiger partial charge in [0.15, 0.2) is 0 Å². The number of hydrogen-bond donors (Lipinski definition) is 2. The summed E-state index contributed by atoms with van der Waals surface area (Å²) in [6.45, 7) is 12.8. The zero-order valence-corrected chi connectivity index (χ0v) is 23.5. The molecule has 1 aliphatic rings. The molecule has 0 aliphatic heterocycles. The Balaban J connectivity index is 2.02. The minimum Gasteiger partial charge on any atom is -0.444 e. The van der Waals surface area contributed by atoms with Crippen molar-refractivity contribution < 1.29 is 19.1 Å². The van der Waals surface area contributed by atoms with Gasteiger partial charge in [-0.1, -0.05) is 61.8 Å². The summed E-state index contributed by atoms with van der Waals surface area (Å²) in [5, 5.41) is 6.17. The number of rotatable bonds is 8. The van der Waals surface area contributed by atoms with Gasteiger partial charge in [-0.3, -0.25) is 9.59 Å². The van der Waals surface area contributed by atoms with Crippen LogP contribution in [0.15, 0.2) is 42.5 Å². The molecule has 2 N–H and O–H groups in total. The molecular formula is C29H38ClN3O4. The number of carbonyl (C=O) groups excluding carboxylic acids is 3. The van der Waals surface area contributed by atoms with Gasteiger partial charge in [0, 0.05) is 6.04 Å². The standard InChI is InChI=1S/C29H38ClN3O4/c1-17(2)23(32-28(36)37-29(5,6)7)27(35)33(20-15-16-20)25(21-13-9-8-11-18(21)3)26(34)31-24-19(4)12-10-14-22(24)30/h8-14,17,20,23,25H,15-16H2,1-7H3,(H,31,34)(H,32,36). The molecule has 0 bridgehead atoms. The Labute approximate surface area is 224 Å². The molecule has 0 saturated heterocycles. The number of nitrogens with one attached hydrogen (secondary N) is 2. The Morgan fingerprint density at radius 1 is 1.00 bits per heavy atom. The summed E-state index contributed by atoms with van der Waals surface area (Å²) in [5.41, 5.74) is 2.24. The molecule has 2 atom stereocenters. The fourth-order valence-corrected chi connectivity index (χ4v) is 4.54. The normalized spacial score (nSPS) is 15.1. The number of benzene rings is 2. The van der Waals surface area contributed by atoms with Crippen molar-refractivity contribution in [1.29, 1.82) is 0 Å². The van der Waals surface area contributed by atoms with Crippen molar-refractivity contribution in [3.63, 3.8) is 0 Å². The molecular weight excluding hydrogens is 490 g/mol. The molecule has 1 saturated carbocycles. The van der Waals surface area contributed by atoms with Crippen molar-refractivity contribution in [2.75, 3.05) is 5.32 Å². The van der Waals surface area contributed by atoms with Gasteiger partial charge in [-0.2, -0.15) is 0 Å². The van der Waals surface area contributed by atoms with E-state index in [1.54, 1.807) is 31.7 Å². The first kappa shape index (κ1) is 28.5. The topological polar surface area (TPSA) is 87.7 Å². The second-order valence-electron chi connectivity index (χ2n) is 11.0. The average Bonchev–Trinajstić information content (AvgIpc) is 3.62. The summed E-state index contributed by atoms with van der Waals surface area (Å²) < 4.78 is 5.43. The third-order valence-corrected chi connectivity index (χ3v) is 6.59. The number of alkyl carbamates (subject to hydrolysis) is 1. The summed E-state index contributed by atoms with van der Waals surface area (Å²) in [7, 11) is 0. The summed E-state index contributed by atoms with van der Waals surface area (Å²) in [6, 6.07) is 11.1. The third-order valence-electron chi connectivity index (χ3n) is 6.28. The molecule has 3 rings (SSSR count). The highest BCUT2D eigenvalue weighted by Gasteiger charge is 2.45. The Morgan fingerprint density at radius 2 is 1.62 bits per heavy atom. The lowest BCUT2D eigenvalue weighted by atomic mass is 9.96. The second-order valence-corrected chi connectivity index (χ2v) is 11.4. The van der Waals surface area contributed by atoms with Gasteiger partial charge in [-0.15, -0.1) is 0 Å². The Kier molecular flexibility index (Phi) is 8.90. The number of nitrogens with zero attached hydrogens (tertiary/aromatic N) is 1. The minimum atomic E-state index is -0.904. The van der Waals surface area contributed by atoms with Gasteiger partial charge in [0.25, 0.3) is 5.91 Å². The van der Waals surface area contributed by atoms with Crippen LogP contribution in [0.1, 0.15) is 70.2 Å². The Bertz CT molecular complexity index is 1130. The van der Waals surface area contributed by atoms with Crippen LogP contribution in [0.25, 0.3) is 0 Å². The van der Waals surface area contributed by atoms with E-state index in [2.05, 4.69) is 10.6 Å². The number of para-hydroxylation sites is 1. The van der Waals surface area contributed by atoms with Crippen LogP contribution in [-0.4, -0.2) is 40.5 Å². The van der Waals surface area contributed by atoms with Gasteiger partial charge in [-0.05, 0) is 76.1 Å². The van der Waals surface area contributed by atoms with Crippen molar-refractivity contribution in [3.05, 3.63) is 64.2 Å². The third kappa shape index (κ3) is 7.25. The van der Waals surface area contributed by atoms with Crippen molar-refractivity contribution in [2.24, 2.45) is 5.92 Å². The molecule has 7 nitrogen and oxygen atoms in total. The molecule has 0 radical (unpaired) electrons. The number of anilines is 1. The van der Waals surface area contributed by atoms with E-state index in [0.717, 1.165) is 29.5 Å². The lowest BCUT2D eigenvalue weighted by Gasteiger charge is -2.36. The van der Waals surface area contributed by atoms with Crippen LogP contribution >= 0.6 is 11.6 Å². The molecule has 8 heteroatoms. The maximum Gasteiger partial charge on any atom is 0.408 e. The minimum absolute atomic E-state index is 0.114. The first-order valence-electron chi connectivity index (χ1n) is 12.7. The van der Waals surface area contributed by atoms with Crippen LogP contribution in [-0.2, 0) is 14.3 Å². The summed E-state index contributed by atoms with van der Waals surface area (Å²) in [4.78, 5) is 42.4. The van der Waals surface area contributed by atoms with E-state index >= 15 is 0 Å². The molecule has 0 spiro atoms. The van der Waals surface area contributed by atoms with E-state index < -0.39 is 23.8 Å². The van der Waals surface area contributed by atoms with Crippen LogP contribution in [0.4, 0.5) is 10.5 Å². The molecule has 2 unspecified atom stereocenters. The first-order valence-corrected chi connectivity index (χ1v) is 13.1. The van der Waals surface area contributed by atoms with E-state index in [1.807, 2.05) is 64.1 Å². The maximum absolute atomic E-state index is 14.1. The van der Waals surface area contributed by atoms with E-state index in [0.29, 0.717) is 10.7 Å². The predicted octanol–water partition coefficient (Wildman–Crippen LogP) is 6.18. The van der Waals surface area contributed by atoms with Gasteiger partial charge in [0.2, 0.25) is 5.91 Å². The van der Waals surface area contributed by atoms with Crippen molar-refractivity contribution in [1.82, 2.24) is 10.2 Å². The van der Waals surface area contributed by atoms with Gasteiger partial charge in [0.05, 0.1) is 10.7 Å². The molecule has 0 heterocycles. The number of hydrogen-bond acceptors (Lipinski definition) is 4. The van der Waals surface area contributed by atoms with Crippen LogP contribution in [0.5, 0.6) is 0 Å². The fourth-order valence-electron chi connectivity index (χ4n) is 4.27. The zero-order chi connectivity index (χ0) is 27.5. The van der Waals surface area contributed by atoms with Gasteiger partial charge in [-0.25, -0.2) is 4.79 Å². The molecule has 37 heavy (non-hydrogen) atoms. The number of ether oxygens (including phenoxy) is 1. The molecule has 2 aromatic rings. The molecule has 200 valence electrons. The largest absolute Gasteiger partial charge is 0.444 e. The number of aryl methyl sites for hydroxylation is 2. The zero-order valence-electron chi connectivity index (χ0n) is 22.7. The Hall–Kier alpha value is -3.06. The van der Waals surface area contributed by atoms with Crippen LogP contribution in [0.2, 0.25) is 5.02 Å². The van der Waals surface area contributed by atoms with E-state index in [9.17, 15) is 14.4 Å². The van der Waals surface area contributed by atoms with Crippen molar-refractivity contribution in [2.45, 2.75) is 85.0 Å². The fraction of sp³-hybridized carbons (Fsp3) is 0.483. The van der Waals surface area contributed by atoms with Crippen LogP contribution < -0.4 is 10.6 Å². The van der Waals surface area contributed by atoms with Crippen LogP contribution in [0.3, 0.4) is 0 Å². The van der Waals surface area contributed by atoms with Crippen molar-refractivity contribution in [3.8, 4) is 0 Å². The molecule has 3 amide bonds. The smallest absolute Gasteiger partial charge is 0.408 e. The van der Waals surface area contributed by atoms with Crippen molar-refractivity contribution >= 4 is 35.2 Å². The average molecular weight is 528 g/mol. The summed E-state index contributed by atoms with van der Waals surface area (Å²) in [5.74, 6) is -0.902. The van der Waals surface area contributed by atoms with Gasteiger partial charge < -0.3 is 20.3 Å². The maximum atomic E-state index is 14.1. The molecule has 1 aliphatic carbocycles. The van der Waals surface area contributed by atoms with Gasteiger partial charge in [0.1, 0.15) is 17.7 Å². The number of amides is 3. The van der Waals surface area contributed by atoms with Crippen LogP contribution in [0, 0.1) is 19.8 Å². The monoisotopic (exact) mass is 527 g/mol. The summed E-state index contributed by atoms with van der Waals surface area (Å²) in [6.07, 6.45) is 0.895. The second kappa shape index (κ2) is 11.5. The van der Waals surface area contributed by atoms with Gasteiger partial charge >= 0.3 is 6.09 Å².